The van der Waals surface area contributed by atoms with E-state index >= 15 is 0 Å². The zero-order chi connectivity index (χ0) is 16.3. The third-order valence-corrected chi connectivity index (χ3v) is 4.20. The van der Waals surface area contributed by atoms with Gasteiger partial charge in [-0.3, -0.25) is 14.3 Å². The monoisotopic (exact) mass is 307 g/mol. The van der Waals surface area contributed by atoms with Gasteiger partial charge in [0.1, 0.15) is 6.54 Å². The molecule has 22 heavy (non-hydrogen) atoms. The summed E-state index contributed by atoms with van der Waals surface area (Å²) >= 11 is 0. The van der Waals surface area contributed by atoms with Crippen molar-refractivity contribution in [2.45, 2.75) is 52.7 Å². The van der Waals surface area contributed by atoms with Gasteiger partial charge in [-0.05, 0) is 40.0 Å². The van der Waals surface area contributed by atoms with Gasteiger partial charge < -0.3 is 9.64 Å². The Kier molecular flexibility index (Phi) is 5.34. The molecule has 6 nitrogen and oxygen atoms in total. The van der Waals surface area contributed by atoms with Crippen LogP contribution in [0.15, 0.2) is 0 Å². The summed E-state index contributed by atoms with van der Waals surface area (Å²) in [6.07, 6.45) is 3.40. The average Bonchev–Trinajstić information content (AvgIpc) is 2.74. The van der Waals surface area contributed by atoms with E-state index in [1.165, 1.54) is 6.92 Å². The molecule has 0 aliphatic carbocycles. The van der Waals surface area contributed by atoms with Crippen LogP contribution in [0.4, 0.5) is 0 Å². The van der Waals surface area contributed by atoms with Crippen LogP contribution in [0.5, 0.6) is 0 Å². The highest BCUT2D eigenvalue weighted by Gasteiger charge is 2.21. The molecule has 1 fully saturated rings. The first-order chi connectivity index (χ1) is 10.4. The molecule has 0 unspecified atom stereocenters. The van der Waals surface area contributed by atoms with Crippen LogP contribution in [0, 0.1) is 13.8 Å². The van der Waals surface area contributed by atoms with Crippen molar-refractivity contribution in [1.29, 1.82) is 0 Å². The minimum absolute atomic E-state index is 0.0161. The van der Waals surface area contributed by atoms with Crippen LogP contribution in [0.3, 0.4) is 0 Å². The van der Waals surface area contributed by atoms with E-state index in [0.29, 0.717) is 17.8 Å². The molecule has 1 aromatic heterocycles. The maximum atomic E-state index is 12.4. The van der Waals surface area contributed by atoms with Gasteiger partial charge in [0.15, 0.2) is 5.78 Å². The topological polar surface area (TPSA) is 64.4 Å². The lowest BCUT2D eigenvalue weighted by atomic mass is 10.1. The summed E-state index contributed by atoms with van der Waals surface area (Å²) in [5.41, 5.74) is 2.04. The fraction of sp³-hybridized carbons (Fsp3) is 0.688. The van der Waals surface area contributed by atoms with E-state index in [4.69, 9.17) is 4.74 Å². The van der Waals surface area contributed by atoms with E-state index in [1.54, 1.807) is 23.6 Å². The van der Waals surface area contributed by atoms with Crippen LogP contribution < -0.4 is 0 Å². The number of Topliss-reactive ketones (excluding diaryl/α,β-unsaturated/α-hetero) is 1. The summed E-state index contributed by atoms with van der Waals surface area (Å²) in [6, 6.07) is 0. The van der Waals surface area contributed by atoms with Gasteiger partial charge in [0.05, 0.1) is 17.4 Å². The Morgan fingerprint density at radius 3 is 2.64 bits per heavy atom. The van der Waals surface area contributed by atoms with Gasteiger partial charge in [-0.2, -0.15) is 5.10 Å². The molecule has 0 aromatic carbocycles. The number of amides is 1. The second-order valence-corrected chi connectivity index (χ2v) is 6.02. The third kappa shape index (κ3) is 3.74. The van der Waals surface area contributed by atoms with Gasteiger partial charge in [0.2, 0.25) is 5.91 Å². The van der Waals surface area contributed by atoms with Gasteiger partial charge >= 0.3 is 0 Å². The van der Waals surface area contributed by atoms with Crippen molar-refractivity contribution < 1.29 is 14.3 Å². The van der Waals surface area contributed by atoms with Crippen LogP contribution in [-0.2, 0) is 16.1 Å². The lowest BCUT2D eigenvalue weighted by Crippen LogP contribution is -2.39. The number of ether oxygens (including phenoxy) is 1. The molecule has 0 bridgehead atoms. The third-order valence-electron chi connectivity index (χ3n) is 4.20. The van der Waals surface area contributed by atoms with E-state index < -0.39 is 0 Å². The molecule has 1 amide bonds. The van der Waals surface area contributed by atoms with E-state index in [1.807, 2.05) is 6.92 Å². The van der Waals surface area contributed by atoms with Crippen molar-refractivity contribution in [2.24, 2.45) is 0 Å². The Hall–Kier alpha value is -1.69. The lowest BCUT2D eigenvalue weighted by Gasteiger charge is -2.27. The molecule has 6 heteroatoms. The molecule has 0 saturated carbocycles. The van der Waals surface area contributed by atoms with Crippen LogP contribution in [0.2, 0.25) is 0 Å². The molecule has 0 N–H and O–H groups in total. The smallest absolute Gasteiger partial charge is 0.244 e. The van der Waals surface area contributed by atoms with Crippen molar-refractivity contribution in [3.05, 3.63) is 17.0 Å². The zero-order valence-corrected chi connectivity index (χ0v) is 13.9. The number of ketones is 1. The molecule has 0 spiro atoms. The highest BCUT2D eigenvalue weighted by Crippen LogP contribution is 2.15. The summed E-state index contributed by atoms with van der Waals surface area (Å²) in [5, 5.41) is 4.32. The number of aromatic nitrogens is 2. The number of hydrogen-bond acceptors (Lipinski definition) is 4. The van der Waals surface area contributed by atoms with Gasteiger partial charge in [-0.25, -0.2) is 0 Å². The largest absolute Gasteiger partial charge is 0.376 e. The van der Waals surface area contributed by atoms with Gasteiger partial charge in [0, 0.05) is 25.9 Å². The summed E-state index contributed by atoms with van der Waals surface area (Å²) in [5.74, 6) is -0.0347. The Morgan fingerprint density at radius 2 is 2.09 bits per heavy atom. The number of carbonyl (C=O) groups excluding carboxylic acids is 2. The Bertz CT molecular complexity index is 559. The summed E-state index contributed by atoms with van der Waals surface area (Å²) in [7, 11) is 1.79. The van der Waals surface area contributed by atoms with Gasteiger partial charge in [0.25, 0.3) is 0 Å². The highest BCUT2D eigenvalue weighted by molar-refractivity contribution is 5.96. The number of rotatable bonds is 5. The average molecular weight is 307 g/mol. The fourth-order valence-corrected chi connectivity index (χ4v) is 2.97. The summed E-state index contributed by atoms with van der Waals surface area (Å²) in [4.78, 5) is 25.7. The fourth-order valence-electron chi connectivity index (χ4n) is 2.97. The van der Waals surface area contributed by atoms with E-state index in [2.05, 4.69) is 5.10 Å². The first-order valence-electron chi connectivity index (χ1n) is 7.80. The molecule has 1 saturated heterocycles. The Morgan fingerprint density at radius 1 is 1.36 bits per heavy atom. The molecule has 122 valence electrons. The lowest BCUT2D eigenvalue weighted by molar-refractivity contribution is -0.133. The SMILES string of the molecule is CC(=O)c1c(C)nn(CC(=O)N(C)C[C@@H]2CCCCO2)c1C. The summed E-state index contributed by atoms with van der Waals surface area (Å²) in [6.45, 7) is 6.70. The van der Waals surface area contributed by atoms with Crippen molar-refractivity contribution in [1.82, 2.24) is 14.7 Å². The van der Waals surface area contributed by atoms with Crippen LogP contribution in [-0.4, -0.2) is 52.7 Å². The van der Waals surface area contributed by atoms with Crippen molar-refractivity contribution in [3.63, 3.8) is 0 Å². The minimum atomic E-state index is -0.0186. The molecular weight excluding hydrogens is 282 g/mol. The van der Waals surface area contributed by atoms with Crippen molar-refractivity contribution >= 4 is 11.7 Å². The van der Waals surface area contributed by atoms with Crippen molar-refractivity contribution in [3.8, 4) is 0 Å². The number of aryl methyl sites for hydroxylation is 1. The van der Waals surface area contributed by atoms with E-state index in [-0.39, 0.29) is 24.3 Å². The maximum Gasteiger partial charge on any atom is 0.244 e. The van der Waals surface area contributed by atoms with Crippen LogP contribution in [0.1, 0.15) is 47.9 Å². The first-order valence-corrected chi connectivity index (χ1v) is 7.80. The standard InChI is InChI=1S/C16H25N3O3/c1-11-16(13(3)20)12(2)19(17-11)10-15(21)18(4)9-14-7-5-6-8-22-14/h14H,5-10H2,1-4H3/t14-/m0/s1. The molecule has 2 rings (SSSR count). The van der Waals surface area contributed by atoms with Crippen LogP contribution in [0.25, 0.3) is 0 Å². The van der Waals surface area contributed by atoms with E-state index in [0.717, 1.165) is 31.6 Å². The second-order valence-electron chi connectivity index (χ2n) is 6.02. The highest BCUT2D eigenvalue weighted by atomic mass is 16.5. The van der Waals surface area contributed by atoms with E-state index in [9.17, 15) is 9.59 Å². The predicted octanol–water partition coefficient (Wildman–Crippen LogP) is 1.73. The summed E-state index contributed by atoms with van der Waals surface area (Å²) < 4.78 is 7.28. The second kappa shape index (κ2) is 7.05. The molecule has 0 radical (unpaired) electrons. The number of carbonyl (C=O) groups is 2. The molecule has 1 atom stereocenters. The molecule has 1 aliphatic heterocycles. The maximum absolute atomic E-state index is 12.4. The molecule has 1 aliphatic rings. The number of likely N-dealkylation sites (N-methyl/N-ethyl adjacent to an activating group) is 1. The molecular formula is C16H25N3O3. The van der Waals surface area contributed by atoms with Crippen LogP contribution >= 0.6 is 0 Å². The predicted molar refractivity (Wildman–Crippen MR) is 82.9 cm³/mol. The Labute approximate surface area is 131 Å². The number of nitrogens with zero attached hydrogens (tertiary/aromatic N) is 3. The normalized spacial score (nSPS) is 18.3. The quantitative estimate of drug-likeness (QED) is 0.777. The Balaban J connectivity index is 1.99. The van der Waals surface area contributed by atoms with Crippen molar-refractivity contribution in [2.75, 3.05) is 20.2 Å². The zero-order valence-electron chi connectivity index (χ0n) is 13.9. The number of hydrogen-bond donors (Lipinski definition) is 0. The molecule has 1 aromatic rings. The first kappa shape index (κ1) is 16.7. The van der Waals surface area contributed by atoms with Gasteiger partial charge in [-0.1, -0.05) is 0 Å². The van der Waals surface area contributed by atoms with Gasteiger partial charge in [-0.15, -0.1) is 0 Å². The molecule has 2 heterocycles. The minimum Gasteiger partial charge on any atom is -0.376 e.